The number of rotatable bonds is 3. The summed E-state index contributed by atoms with van der Waals surface area (Å²) in [6, 6.07) is 5.27. The van der Waals surface area contributed by atoms with Gasteiger partial charge in [0.2, 0.25) is 0 Å². The lowest BCUT2D eigenvalue weighted by Gasteiger charge is -2.33. The summed E-state index contributed by atoms with van der Waals surface area (Å²) in [7, 11) is 0. The first-order valence-corrected chi connectivity index (χ1v) is 6.70. The van der Waals surface area contributed by atoms with Crippen LogP contribution in [0.4, 0.5) is 13.2 Å². The molecule has 120 valence electrons. The van der Waals surface area contributed by atoms with E-state index < -0.39 is 24.1 Å². The van der Waals surface area contributed by atoms with Gasteiger partial charge < -0.3 is 15.7 Å². The van der Waals surface area contributed by atoms with Crippen molar-refractivity contribution in [3.63, 3.8) is 0 Å². The van der Waals surface area contributed by atoms with Crippen LogP contribution in [0.5, 0.6) is 0 Å². The SMILES string of the molecule is O=C(O)c1ccc(C2CCNCC2NC(=O)C(F)(F)F)cc1. The molecule has 1 aromatic carbocycles. The Morgan fingerprint density at radius 3 is 2.41 bits per heavy atom. The number of carbonyl (C=O) groups excluding carboxylic acids is 1. The molecule has 0 aliphatic carbocycles. The molecule has 0 spiro atoms. The molecule has 0 radical (unpaired) electrons. The van der Waals surface area contributed by atoms with Crippen LogP contribution in [0.15, 0.2) is 24.3 Å². The summed E-state index contributed by atoms with van der Waals surface area (Å²) in [5, 5.41) is 13.8. The monoisotopic (exact) mass is 316 g/mol. The van der Waals surface area contributed by atoms with Gasteiger partial charge in [-0.05, 0) is 30.7 Å². The number of piperidine rings is 1. The third kappa shape index (κ3) is 3.76. The van der Waals surface area contributed by atoms with Crippen molar-refractivity contribution in [1.29, 1.82) is 0 Å². The molecule has 2 rings (SSSR count). The molecule has 1 saturated heterocycles. The number of hydrogen-bond acceptors (Lipinski definition) is 3. The molecule has 1 fully saturated rings. The summed E-state index contributed by atoms with van der Waals surface area (Å²) in [4.78, 5) is 21.9. The molecule has 1 aliphatic heterocycles. The molecule has 2 unspecified atom stereocenters. The van der Waals surface area contributed by atoms with E-state index in [2.05, 4.69) is 5.32 Å². The van der Waals surface area contributed by atoms with Crippen molar-refractivity contribution in [2.24, 2.45) is 0 Å². The van der Waals surface area contributed by atoms with Gasteiger partial charge in [-0.25, -0.2) is 4.79 Å². The van der Waals surface area contributed by atoms with Crippen LogP contribution in [0.25, 0.3) is 0 Å². The molecule has 1 amide bonds. The molecule has 0 aromatic heterocycles. The highest BCUT2D eigenvalue weighted by atomic mass is 19.4. The van der Waals surface area contributed by atoms with Gasteiger partial charge in [-0.2, -0.15) is 13.2 Å². The highest BCUT2D eigenvalue weighted by Gasteiger charge is 2.41. The van der Waals surface area contributed by atoms with E-state index in [1.807, 2.05) is 5.32 Å². The van der Waals surface area contributed by atoms with E-state index in [0.29, 0.717) is 18.5 Å². The van der Waals surface area contributed by atoms with Crippen molar-refractivity contribution in [2.75, 3.05) is 13.1 Å². The van der Waals surface area contributed by atoms with Crippen molar-refractivity contribution in [3.8, 4) is 0 Å². The first-order valence-electron chi connectivity index (χ1n) is 6.70. The Labute approximate surface area is 124 Å². The predicted octanol–water partition coefficient (Wildman–Crippen LogP) is 1.51. The fourth-order valence-electron chi connectivity index (χ4n) is 2.53. The maximum atomic E-state index is 12.4. The highest BCUT2D eigenvalue weighted by Crippen LogP contribution is 2.27. The number of carbonyl (C=O) groups is 2. The number of amides is 1. The molecular formula is C14H15F3N2O3. The zero-order valence-corrected chi connectivity index (χ0v) is 11.5. The minimum atomic E-state index is -4.92. The summed E-state index contributed by atoms with van der Waals surface area (Å²) in [5.41, 5.74) is 0.813. The zero-order chi connectivity index (χ0) is 16.3. The Morgan fingerprint density at radius 1 is 1.23 bits per heavy atom. The van der Waals surface area contributed by atoms with Gasteiger partial charge in [0.05, 0.1) is 5.56 Å². The molecule has 8 heteroatoms. The van der Waals surface area contributed by atoms with Gasteiger partial charge in [-0.3, -0.25) is 4.79 Å². The third-order valence-corrected chi connectivity index (χ3v) is 3.64. The van der Waals surface area contributed by atoms with E-state index in [0.717, 1.165) is 0 Å². The maximum Gasteiger partial charge on any atom is 0.471 e. The van der Waals surface area contributed by atoms with Crippen LogP contribution in [0.3, 0.4) is 0 Å². The van der Waals surface area contributed by atoms with Gasteiger partial charge in [0.1, 0.15) is 0 Å². The normalized spacial score (nSPS) is 22.1. The van der Waals surface area contributed by atoms with Gasteiger partial charge in [0.15, 0.2) is 0 Å². The Morgan fingerprint density at radius 2 is 1.86 bits per heavy atom. The van der Waals surface area contributed by atoms with E-state index in [1.54, 1.807) is 12.1 Å². The topological polar surface area (TPSA) is 78.4 Å². The molecule has 22 heavy (non-hydrogen) atoms. The molecule has 1 aliphatic rings. The van der Waals surface area contributed by atoms with E-state index in [4.69, 9.17) is 5.11 Å². The highest BCUT2D eigenvalue weighted by molar-refractivity contribution is 5.87. The van der Waals surface area contributed by atoms with E-state index in [9.17, 15) is 22.8 Å². The van der Waals surface area contributed by atoms with Crippen molar-refractivity contribution in [1.82, 2.24) is 10.6 Å². The largest absolute Gasteiger partial charge is 0.478 e. The van der Waals surface area contributed by atoms with E-state index >= 15 is 0 Å². The van der Waals surface area contributed by atoms with E-state index in [1.165, 1.54) is 12.1 Å². The molecular weight excluding hydrogens is 301 g/mol. The van der Waals surface area contributed by atoms with Crippen molar-refractivity contribution >= 4 is 11.9 Å². The number of carboxylic acids is 1. The van der Waals surface area contributed by atoms with Crippen LogP contribution >= 0.6 is 0 Å². The van der Waals surface area contributed by atoms with E-state index in [-0.39, 0.29) is 18.0 Å². The zero-order valence-electron chi connectivity index (χ0n) is 11.5. The Hall–Kier alpha value is -2.09. The quantitative estimate of drug-likeness (QED) is 0.790. The molecule has 5 nitrogen and oxygen atoms in total. The number of alkyl halides is 3. The van der Waals surface area contributed by atoms with Crippen LogP contribution in [0.1, 0.15) is 28.3 Å². The molecule has 2 atom stereocenters. The smallest absolute Gasteiger partial charge is 0.471 e. The molecule has 1 heterocycles. The molecule has 1 aromatic rings. The lowest BCUT2D eigenvalue weighted by atomic mass is 9.85. The number of nitrogens with one attached hydrogen (secondary N) is 2. The third-order valence-electron chi connectivity index (χ3n) is 3.64. The second-order valence-corrected chi connectivity index (χ2v) is 5.10. The fourth-order valence-corrected chi connectivity index (χ4v) is 2.53. The maximum absolute atomic E-state index is 12.4. The number of benzene rings is 1. The van der Waals surface area contributed by atoms with Crippen molar-refractivity contribution < 1.29 is 27.9 Å². The van der Waals surface area contributed by atoms with Crippen molar-refractivity contribution in [2.45, 2.75) is 24.6 Å². The second-order valence-electron chi connectivity index (χ2n) is 5.10. The standard InChI is InChI=1S/C14H15F3N2O3/c15-14(16,17)13(22)19-11-7-18-6-5-10(11)8-1-3-9(4-2-8)12(20)21/h1-4,10-11,18H,5-7H2,(H,19,22)(H,20,21). The minimum absolute atomic E-state index is 0.105. The van der Waals surface area contributed by atoms with Crippen LogP contribution < -0.4 is 10.6 Å². The first-order chi connectivity index (χ1) is 10.3. The van der Waals surface area contributed by atoms with Crippen LogP contribution in [0, 0.1) is 0 Å². The lowest BCUT2D eigenvalue weighted by molar-refractivity contribution is -0.174. The number of hydrogen-bond donors (Lipinski definition) is 3. The lowest BCUT2D eigenvalue weighted by Crippen LogP contribution is -2.53. The average molecular weight is 316 g/mol. The van der Waals surface area contributed by atoms with Gasteiger partial charge in [0.25, 0.3) is 0 Å². The molecule has 0 saturated carbocycles. The Balaban J connectivity index is 2.15. The molecule has 3 N–H and O–H groups in total. The van der Waals surface area contributed by atoms with Gasteiger partial charge >= 0.3 is 18.1 Å². The summed E-state index contributed by atoms with van der Waals surface area (Å²) >= 11 is 0. The summed E-state index contributed by atoms with van der Waals surface area (Å²) in [6.07, 6.45) is -4.37. The summed E-state index contributed by atoms with van der Waals surface area (Å²) in [5.74, 6) is -3.33. The Bertz CT molecular complexity index is 557. The number of aromatic carboxylic acids is 1. The predicted molar refractivity (Wildman–Crippen MR) is 71.6 cm³/mol. The summed E-state index contributed by atoms with van der Waals surface area (Å²) in [6.45, 7) is 0.844. The van der Waals surface area contributed by atoms with Crippen molar-refractivity contribution in [3.05, 3.63) is 35.4 Å². The van der Waals surface area contributed by atoms with Crippen LogP contribution in [-0.2, 0) is 4.79 Å². The second kappa shape index (κ2) is 6.35. The molecule has 0 bridgehead atoms. The van der Waals surface area contributed by atoms with Crippen LogP contribution in [-0.4, -0.2) is 42.3 Å². The average Bonchev–Trinajstić information content (AvgIpc) is 2.47. The number of halogens is 3. The Kier molecular flexibility index (Phi) is 4.70. The summed E-state index contributed by atoms with van der Waals surface area (Å²) < 4.78 is 37.1. The number of carboxylic acid groups (broad SMARTS) is 1. The first kappa shape index (κ1) is 16.3. The van der Waals surface area contributed by atoms with Gasteiger partial charge in [-0.15, -0.1) is 0 Å². The fraction of sp³-hybridized carbons (Fsp3) is 0.429. The van der Waals surface area contributed by atoms with Crippen LogP contribution in [0.2, 0.25) is 0 Å². The van der Waals surface area contributed by atoms with Gasteiger partial charge in [-0.1, -0.05) is 12.1 Å². The minimum Gasteiger partial charge on any atom is -0.478 e. The van der Waals surface area contributed by atoms with Gasteiger partial charge in [0, 0.05) is 18.5 Å².